The highest BCUT2D eigenvalue weighted by atomic mass is 35.5. The molecule has 42 heavy (non-hydrogen) atoms. The van der Waals surface area contributed by atoms with Crippen LogP contribution in [0.1, 0.15) is 103 Å². The molecule has 2 heterocycles. The highest BCUT2D eigenvalue weighted by Crippen LogP contribution is 2.24. The van der Waals surface area contributed by atoms with Gasteiger partial charge in [-0.3, -0.25) is 9.59 Å². The molecule has 2 amide bonds. The van der Waals surface area contributed by atoms with Crippen LogP contribution in [-0.2, 0) is 19.1 Å². The number of hydrogen-bond donors (Lipinski definition) is 6. The Bertz CT molecular complexity index is 733. The van der Waals surface area contributed by atoms with Crippen molar-refractivity contribution in [3.8, 4) is 0 Å². The van der Waals surface area contributed by atoms with Gasteiger partial charge in [-0.05, 0) is 51.4 Å². The lowest BCUT2D eigenvalue weighted by Gasteiger charge is -2.36. The lowest BCUT2D eigenvalue weighted by Crippen LogP contribution is -2.52. The van der Waals surface area contributed by atoms with Crippen molar-refractivity contribution >= 4 is 35.8 Å². The number of carbonyl (C=O) groups excluding carboxylic acids is 2. The summed E-state index contributed by atoms with van der Waals surface area (Å²) >= 11 is 5.33. The Morgan fingerprint density at radius 3 is 2.00 bits per heavy atom. The predicted octanol–water partition coefficient (Wildman–Crippen LogP) is 2.68. The van der Waals surface area contributed by atoms with Gasteiger partial charge in [0.15, 0.2) is 0 Å². The Hall–Kier alpha value is -0.720. The van der Waals surface area contributed by atoms with Crippen molar-refractivity contribution in [1.82, 2.24) is 16.0 Å². The molecule has 2 aliphatic heterocycles. The first-order valence-electron chi connectivity index (χ1n) is 16.1. The van der Waals surface area contributed by atoms with Crippen LogP contribution in [0.5, 0.6) is 0 Å². The van der Waals surface area contributed by atoms with Gasteiger partial charge in [-0.15, -0.1) is 24.0 Å². The first kappa shape index (κ1) is 37.5. The van der Waals surface area contributed by atoms with Crippen LogP contribution in [0.4, 0.5) is 0 Å². The summed E-state index contributed by atoms with van der Waals surface area (Å²) < 4.78 is 11.0. The second-order valence-electron chi connectivity index (χ2n) is 12.2. The van der Waals surface area contributed by atoms with Gasteiger partial charge < -0.3 is 41.4 Å². The molecular weight excluding hydrogens is 583 g/mol. The zero-order valence-corrected chi connectivity index (χ0v) is 26.7. The number of carbonyl (C=O) groups is 2. The lowest BCUT2D eigenvalue weighted by atomic mass is 9.91. The van der Waals surface area contributed by atoms with E-state index in [1.165, 1.54) is 44.9 Å². The van der Waals surface area contributed by atoms with Gasteiger partial charge >= 0.3 is 0 Å². The van der Waals surface area contributed by atoms with Crippen LogP contribution in [0.25, 0.3) is 0 Å². The summed E-state index contributed by atoms with van der Waals surface area (Å²) in [6.45, 7) is 2.24. The Kier molecular flexibility index (Phi) is 18.8. The molecule has 246 valence electrons. The van der Waals surface area contributed by atoms with E-state index < -0.39 is 0 Å². The molecule has 6 aliphatic rings. The zero-order valence-electron chi connectivity index (χ0n) is 25.2. The second kappa shape index (κ2) is 21.1. The fraction of sp³-hybridized carbons (Fsp3) is 0.933. The van der Waals surface area contributed by atoms with Crippen molar-refractivity contribution in [1.29, 1.82) is 0 Å². The van der Waals surface area contributed by atoms with E-state index in [4.69, 9.17) is 31.9 Å². The number of nitrogens with one attached hydrogen (secondary N) is 3. The van der Waals surface area contributed by atoms with Crippen LogP contribution < -0.4 is 21.7 Å². The normalized spacial score (nSPS) is 35.7. The summed E-state index contributed by atoms with van der Waals surface area (Å²) in [6, 6.07) is 0.973. The van der Waals surface area contributed by atoms with Crippen LogP contribution in [0.3, 0.4) is 0 Å². The minimum Gasteiger partial charge on any atom is -0.392 e. The summed E-state index contributed by atoms with van der Waals surface area (Å²) in [4.78, 5) is 21.8. The molecule has 10 nitrogen and oxygen atoms in total. The molecule has 2 saturated heterocycles. The van der Waals surface area contributed by atoms with Crippen molar-refractivity contribution in [2.45, 2.75) is 151 Å². The fourth-order valence-corrected chi connectivity index (χ4v) is 6.62. The minimum absolute atomic E-state index is 0. The number of amides is 2. The largest absolute Gasteiger partial charge is 0.392 e. The summed E-state index contributed by atoms with van der Waals surface area (Å²) in [5.41, 5.74) is 5.53. The molecule has 4 saturated carbocycles. The number of aliphatic hydroxyl groups is 2. The van der Waals surface area contributed by atoms with Crippen molar-refractivity contribution in [2.75, 3.05) is 25.6 Å². The first-order valence-corrected chi connectivity index (χ1v) is 16.6. The molecular formula is C30H56Cl2N4O6. The molecule has 7 N–H and O–H groups in total. The first-order chi connectivity index (χ1) is 19.9. The highest BCUT2D eigenvalue weighted by Gasteiger charge is 2.31. The number of aliphatic hydroxyl groups excluding tert-OH is 2. The van der Waals surface area contributed by atoms with Gasteiger partial charge in [-0.25, -0.2) is 0 Å². The Morgan fingerprint density at radius 2 is 1.40 bits per heavy atom. The number of hydrogen-bond acceptors (Lipinski definition) is 8. The monoisotopic (exact) mass is 638 g/mol. The molecule has 0 aromatic rings. The molecule has 6 fully saturated rings. The van der Waals surface area contributed by atoms with Crippen LogP contribution >= 0.6 is 24.0 Å². The third-order valence-corrected chi connectivity index (χ3v) is 9.24. The molecule has 0 aromatic carbocycles. The van der Waals surface area contributed by atoms with E-state index in [9.17, 15) is 14.7 Å². The van der Waals surface area contributed by atoms with E-state index >= 15 is 0 Å². The van der Waals surface area contributed by atoms with E-state index in [0.29, 0.717) is 24.3 Å². The Balaban J connectivity index is 0.000000196. The maximum atomic E-state index is 10.9. The Morgan fingerprint density at radius 1 is 0.833 bits per heavy atom. The number of morpholine rings is 2. The molecule has 4 aliphatic carbocycles. The summed E-state index contributed by atoms with van der Waals surface area (Å²) in [6.07, 6.45) is 18.3. The summed E-state index contributed by atoms with van der Waals surface area (Å²) in [5, 5.41) is 27.7. The summed E-state index contributed by atoms with van der Waals surface area (Å²) in [7, 11) is 0. The molecule has 8 atom stereocenters. The van der Waals surface area contributed by atoms with E-state index in [0.717, 1.165) is 70.9 Å². The molecule has 0 aromatic heterocycles. The molecule has 12 heteroatoms. The van der Waals surface area contributed by atoms with Crippen molar-refractivity contribution in [2.24, 2.45) is 5.73 Å². The average Bonchev–Trinajstić information content (AvgIpc) is 3.01. The minimum atomic E-state index is -0.383. The Labute approximate surface area is 263 Å². The maximum absolute atomic E-state index is 10.9. The molecule has 0 bridgehead atoms. The van der Waals surface area contributed by atoms with Gasteiger partial charge in [0.05, 0.1) is 43.1 Å². The lowest BCUT2D eigenvalue weighted by molar-refractivity contribution is -0.138. The number of halogens is 2. The van der Waals surface area contributed by atoms with Crippen molar-refractivity contribution in [3.63, 3.8) is 0 Å². The number of nitrogens with two attached hydrogens (primary N) is 1. The van der Waals surface area contributed by atoms with Crippen LogP contribution in [0.2, 0.25) is 0 Å². The van der Waals surface area contributed by atoms with E-state index in [1.54, 1.807) is 0 Å². The molecule has 8 unspecified atom stereocenters. The van der Waals surface area contributed by atoms with Crippen molar-refractivity contribution < 1.29 is 29.3 Å². The van der Waals surface area contributed by atoms with Gasteiger partial charge in [0.1, 0.15) is 12.5 Å². The number of rotatable bonds is 2. The van der Waals surface area contributed by atoms with Gasteiger partial charge in [0.25, 0.3) is 0 Å². The van der Waals surface area contributed by atoms with Gasteiger partial charge in [0, 0.05) is 18.6 Å². The SMILES string of the molecule is C1CCC2OCCNC2C1.Cl.NC1CCCCC1O.O=C(CCl)NC1CCCCC1O.O=C1COC2CCCCC2N1. The fourth-order valence-electron chi connectivity index (χ4n) is 6.54. The topological polar surface area (TPSA) is 155 Å². The number of ether oxygens (including phenoxy) is 2. The van der Waals surface area contributed by atoms with Gasteiger partial charge in [-0.1, -0.05) is 51.4 Å². The van der Waals surface area contributed by atoms with Crippen LogP contribution in [-0.4, -0.2) is 96.2 Å². The third kappa shape index (κ3) is 13.5. The zero-order chi connectivity index (χ0) is 29.5. The quantitative estimate of drug-likeness (QED) is 0.252. The van der Waals surface area contributed by atoms with Crippen molar-refractivity contribution in [3.05, 3.63) is 0 Å². The predicted molar refractivity (Wildman–Crippen MR) is 167 cm³/mol. The van der Waals surface area contributed by atoms with Gasteiger partial charge in [-0.2, -0.15) is 0 Å². The van der Waals surface area contributed by atoms with E-state index in [2.05, 4.69) is 16.0 Å². The van der Waals surface area contributed by atoms with Gasteiger partial charge in [0.2, 0.25) is 11.8 Å². The van der Waals surface area contributed by atoms with Crippen LogP contribution in [0.15, 0.2) is 0 Å². The summed E-state index contributed by atoms with van der Waals surface area (Å²) in [5.74, 6) is -0.167. The smallest absolute Gasteiger partial charge is 0.246 e. The van der Waals surface area contributed by atoms with E-state index in [-0.39, 0.29) is 61.0 Å². The number of alkyl halides is 1. The molecule has 6 rings (SSSR count). The third-order valence-electron chi connectivity index (χ3n) is 9.00. The highest BCUT2D eigenvalue weighted by molar-refractivity contribution is 6.27. The standard InChI is InChI=1S/C8H14ClNO2.C8H13NO2.C8H15NO.C6H13NO.ClH/c9-5-8(12)10-6-3-1-2-4-7(6)11;10-8-5-11-7-4-2-1-3-6(7)9-8;1-2-4-8-7(3-1)9-5-6-10-8;7-5-3-1-2-4-6(5)8;/h6-7,11H,1-5H2,(H,10,12);6-7H,1-5H2,(H,9,10);7-9H,1-6H2;5-6,8H,1-4,7H2;1H. The van der Waals surface area contributed by atoms with Crippen LogP contribution in [0, 0.1) is 0 Å². The van der Waals surface area contributed by atoms with E-state index in [1.807, 2.05) is 0 Å². The molecule has 0 spiro atoms. The second-order valence-corrected chi connectivity index (χ2v) is 12.5. The number of fused-ring (bicyclic) bond motifs is 2. The molecule has 0 radical (unpaired) electrons. The average molecular weight is 640 g/mol. The maximum Gasteiger partial charge on any atom is 0.246 e.